The van der Waals surface area contributed by atoms with E-state index in [-0.39, 0.29) is 27.9 Å². The Morgan fingerprint density at radius 1 is 0.879 bits per heavy atom. The van der Waals surface area contributed by atoms with Gasteiger partial charge in [0.25, 0.3) is 0 Å². The number of rotatable bonds is 3. The number of anilines is 1. The van der Waals surface area contributed by atoms with Crippen LogP contribution >= 0.6 is 0 Å². The number of likely N-dealkylation sites (N-methyl/N-ethyl adjacent to an activating group) is 2. The minimum atomic E-state index is -0.332. The maximum absolute atomic E-state index is 13.0. The molecule has 33 heavy (non-hydrogen) atoms. The smallest absolute Gasteiger partial charge is 0.197 e. The van der Waals surface area contributed by atoms with Crippen LogP contribution in [-0.2, 0) is 0 Å². The van der Waals surface area contributed by atoms with Crippen molar-refractivity contribution in [2.24, 2.45) is 0 Å². The van der Waals surface area contributed by atoms with Gasteiger partial charge in [0.05, 0.1) is 5.56 Å². The van der Waals surface area contributed by atoms with Gasteiger partial charge in [0.15, 0.2) is 11.0 Å². The number of fused-ring (bicyclic) bond motifs is 1. The Kier molecular flexibility index (Phi) is 5.60. The summed E-state index contributed by atoms with van der Waals surface area (Å²) in [6, 6.07) is 10.6. The van der Waals surface area contributed by atoms with Gasteiger partial charge in [-0.3, -0.25) is 4.79 Å². The van der Waals surface area contributed by atoms with Gasteiger partial charge in [-0.25, -0.2) is 0 Å². The quantitative estimate of drug-likeness (QED) is 0.637. The van der Waals surface area contributed by atoms with E-state index in [1.165, 1.54) is 12.1 Å². The molecule has 3 aromatic rings. The standard InChI is InChI=1S/C26H29N3O4/c1-27-9-7-18(8-10-27)24-20(30)15-21(31)25-22(32)16-23(33-26(24)25)17-3-5-19(6-4-17)29-13-11-28(2)12-14-29/h3-7,15-16,30-31H,8-14H2,1-2H3. The van der Waals surface area contributed by atoms with E-state index in [1.807, 2.05) is 37.4 Å². The third-order valence-electron chi connectivity index (χ3n) is 6.71. The number of benzene rings is 2. The van der Waals surface area contributed by atoms with Gasteiger partial charge in [-0.15, -0.1) is 0 Å². The Labute approximate surface area is 192 Å². The van der Waals surface area contributed by atoms with Crippen LogP contribution in [0.25, 0.3) is 27.9 Å². The van der Waals surface area contributed by atoms with Crippen molar-refractivity contribution in [1.82, 2.24) is 9.80 Å². The van der Waals surface area contributed by atoms with Gasteiger partial charge < -0.3 is 29.3 Å². The Balaban J connectivity index is 1.57. The van der Waals surface area contributed by atoms with E-state index in [1.54, 1.807) is 0 Å². The van der Waals surface area contributed by atoms with E-state index in [4.69, 9.17) is 4.42 Å². The van der Waals surface area contributed by atoms with Gasteiger partial charge in [0.2, 0.25) is 0 Å². The number of piperazine rings is 1. The summed E-state index contributed by atoms with van der Waals surface area (Å²) >= 11 is 0. The number of aromatic hydroxyl groups is 2. The molecule has 2 aliphatic heterocycles. The second kappa shape index (κ2) is 8.57. The largest absolute Gasteiger partial charge is 0.507 e. The highest BCUT2D eigenvalue weighted by molar-refractivity contribution is 5.96. The molecule has 2 aromatic carbocycles. The first-order chi connectivity index (χ1) is 15.9. The molecular formula is C26H29N3O4. The van der Waals surface area contributed by atoms with Crippen molar-refractivity contribution in [1.29, 1.82) is 0 Å². The van der Waals surface area contributed by atoms with E-state index in [2.05, 4.69) is 21.7 Å². The molecule has 172 valence electrons. The zero-order chi connectivity index (χ0) is 23.1. The van der Waals surface area contributed by atoms with Crippen molar-refractivity contribution >= 4 is 22.2 Å². The molecule has 5 rings (SSSR count). The predicted octanol–water partition coefficient (Wildman–Crippen LogP) is 3.34. The maximum atomic E-state index is 13.0. The van der Waals surface area contributed by atoms with Crippen LogP contribution in [0.5, 0.6) is 11.5 Å². The highest BCUT2D eigenvalue weighted by Gasteiger charge is 2.22. The summed E-state index contributed by atoms with van der Waals surface area (Å²) in [6.07, 6.45) is 2.75. The van der Waals surface area contributed by atoms with Crippen LogP contribution in [0.15, 0.2) is 51.7 Å². The van der Waals surface area contributed by atoms with E-state index >= 15 is 0 Å². The van der Waals surface area contributed by atoms with Crippen LogP contribution in [0.2, 0.25) is 0 Å². The third kappa shape index (κ3) is 4.10. The van der Waals surface area contributed by atoms with E-state index < -0.39 is 0 Å². The molecule has 1 aromatic heterocycles. The Bertz CT molecular complexity index is 1270. The lowest BCUT2D eigenvalue weighted by atomic mass is 9.96. The van der Waals surface area contributed by atoms with Crippen molar-refractivity contribution in [3.05, 3.63) is 58.3 Å². The lowest BCUT2D eigenvalue weighted by molar-refractivity contribution is 0.313. The van der Waals surface area contributed by atoms with Crippen LogP contribution in [0.3, 0.4) is 0 Å². The fraction of sp³-hybridized carbons (Fsp3) is 0.346. The highest BCUT2D eigenvalue weighted by Crippen LogP contribution is 2.40. The average molecular weight is 448 g/mol. The number of hydrogen-bond acceptors (Lipinski definition) is 7. The molecule has 2 aliphatic rings. The molecule has 2 N–H and O–H groups in total. The molecule has 0 radical (unpaired) electrons. The fourth-order valence-corrected chi connectivity index (χ4v) is 4.65. The minimum absolute atomic E-state index is 0.0819. The first-order valence-corrected chi connectivity index (χ1v) is 11.4. The Morgan fingerprint density at radius 2 is 1.61 bits per heavy atom. The van der Waals surface area contributed by atoms with Crippen LogP contribution in [0.4, 0.5) is 5.69 Å². The highest BCUT2D eigenvalue weighted by atomic mass is 16.3. The first-order valence-electron chi connectivity index (χ1n) is 11.4. The summed E-state index contributed by atoms with van der Waals surface area (Å²) in [6.45, 7) is 5.60. The molecule has 0 amide bonds. The van der Waals surface area contributed by atoms with Crippen molar-refractivity contribution < 1.29 is 14.6 Å². The van der Waals surface area contributed by atoms with E-state index in [0.29, 0.717) is 11.3 Å². The SMILES string of the molecule is CN1CC=C(c2c(O)cc(O)c3c(=O)cc(-c4ccc(N5CCN(C)CC5)cc4)oc23)CC1. The van der Waals surface area contributed by atoms with Crippen LogP contribution in [-0.4, -0.2) is 73.4 Å². The molecule has 0 bridgehead atoms. The topological polar surface area (TPSA) is 80.4 Å². The minimum Gasteiger partial charge on any atom is -0.507 e. The molecule has 7 heteroatoms. The zero-order valence-electron chi connectivity index (χ0n) is 19.0. The molecule has 1 fully saturated rings. The monoisotopic (exact) mass is 447 g/mol. The molecule has 0 spiro atoms. The van der Waals surface area contributed by atoms with E-state index in [9.17, 15) is 15.0 Å². The van der Waals surface area contributed by atoms with Gasteiger partial charge in [0, 0.05) is 62.7 Å². The van der Waals surface area contributed by atoms with Gasteiger partial charge in [0.1, 0.15) is 22.6 Å². The van der Waals surface area contributed by atoms with Crippen LogP contribution in [0.1, 0.15) is 12.0 Å². The van der Waals surface area contributed by atoms with Gasteiger partial charge in [-0.2, -0.15) is 0 Å². The number of phenols is 2. The third-order valence-corrected chi connectivity index (χ3v) is 6.71. The van der Waals surface area contributed by atoms with Crippen LogP contribution < -0.4 is 10.3 Å². The zero-order valence-corrected chi connectivity index (χ0v) is 19.0. The summed E-state index contributed by atoms with van der Waals surface area (Å²) in [5, 5.41) is 21.2. The molecule has 0 saturated carbocycles. The summed E-state index contributed by atoms with van der Waals surface area (Å²) < 4.78 is 6.21. The molecule has 0 atom stereocenters. The lowest BCUT2D eigenvalue weighted by Gasteiger charge is -2.34. The van der Waals surface area contributed by atoms with Gasteiger partial charge in [-0.05, 0) is 50.4 Å². The van der Waals surface area contributed by atoms with E-state index in [0.717, 1.165) is 62.5 Å². The van der Waals surface area contributed by atoms with Gasteiger partial charge >= 0.3 is 0 Å². The molecule has 0 unspecified atom stereocenters. The Hall–Kier alpha value is -3.29. The number of hydrogen-bond donors (Lipinski definition) is 2. The molecular weight excluding hydrogens is 418 g/mol. The molecule has 1 saturated heterocycles. The summed E-state index contributed by atoms with van der Waals surface area (Å²) in [5.41, 5.74) is 3.22. The maximum Gasteiger partial charge on any atom is 0.197 e. The first kappa shape index (κ1) is 21.6. The molecule has 7 nitrogen and oxygen atoms in total. The normalized spacial score (nSPS) is 18.0. The number of nitrogens with zero attached hydrogens (tertiary/aromatic N) is 3. The predicted molar refractivity (Wildman–Crippen MR) is 131 cm³/mol. The van der Waals surface area contributed by atoms with Crippen molar-refractivity contribution in [2.75, 3.05) is 58.3 Å². The van der Waals surface area contributed by atoms with Crippen LogP contribution in [0, 0.1) is 0 Å². The fourth-order valence-electron chi connectivity index (χ4n) is 4.65. The second-order valence-electron chi connectivity index (χ2n) is 9.05. The molecule has 0 aliphatic carbocycles. The second-order valence-corrected chi connectivity index (χ2v) is 9.05. The summed E-state index contributed by atoms with van der Waals surface area (Å²) in [4.78, 5) is 19.8. The van der Waals surface area contributed by atoms with Crippen molar-refractivity contribution in [3.63, 3.8) is 0 Å². The lowest BCUT2D eigenvalue weighted by Crippen LogP contribution is -2.44. The van der Waals surface area contributed by atoms with Gasteiger partial charge in [-0.1, -0.05) is 6.08 Å². The summed E-state index contributed by atoms with van der Waals surface area (Å²) in [5.74, 6) is 0.0595. The average Bonchev–Trinajstić information content (AvgIpc) is 2.80. The van der Waals surface area contributed by atoms with Crippen molar-refractivity contribution in [3.8, 4) is 22.8 Å². The Morgan fingerprint density at radius 3 is 2.27 bits per heavy atom. The summed E-state index contributed by atoms with van der Waals surface area (Å²) in [7, 11) is 4.17. The number of phenolic OH excluding ortho intramolecular Hbond substituents is 2. The van der Waals surface area contributed by atoms with Crippen molar-refractivity contribution in [2.45, 2.75) is 6.42 Å². The molecule has 3 heterocycles.